The van der Waals surface area contributed by atoms with Crippen molar-refractivity contribution in [3.8, 4) is 11.5 Å². The van der Waals surface area contributed by atoms with Crippen molar-refractivity contribution >= 4 is 26.8 Å². The first-order valence-electron chi connectivity index (χ1n) is 11.4. The van der Waals surface area contributed by atoms with Crippen molar-refractivity contribution in [2.24, 2.45) is 0 Å². The lowest BCUT2D eigenvalue weighted by molar-refractivity contribution is -0.123. The molecule has 9 heteroatoms. The molecule has 1 saturated heterocycles. The number of rotatable bonds is 9. The molecule has 34 heavy (non-hydrogen) atoms. The number of sulfonamides is 1. The first kappa shape index (κ1) is 24.1. The molecule has 1 atom stereocenters. The number of aromatic nitrogens is 1. The molecule has 1 aliphatic rings. The monoisotopic (exact) mass is 485 g/mol. The van der Waals surface area contributed by atoms with Crippen molar-refractivity contribution < 1.29 is 22.7 Å². The Balaban J connectivity index is 1.43. The van der Waals surface area contributed by atoms with Gasteiger partial charge in [0, 0.05) is 42.8 Å². The molecule has 4 rings (SSSR count). The Bertz CT molecular complexity index is 1280. The van der Waals surface area contributed by atoms with E-state index < -0.39 is 16.1 Å². The van der Waals surface area contributed by atoms with Gasteiger partial charge in [-0.3, -0.25) is 4.79 Å². The van der Waals surface area contributed by atoms with Gasteiger partial charge in [0.2, 0.25) is 15.9 Å². The molecule has 0 saturated carbocycles. The summed E-state index contributed by atoms with van der Waals surface area (Å²) in [5.41, 5.74) is 1.80. The number of nitrogens with one attached hydrogen (secondary N) is 1. The molecule has 2 heterocycles. The Morgan fingerprint density at radius 1 is 1.06 bits per heavy atom. The number of nitrogens with zero attached hydrogens (tertiary/aromatic N) is 2. The van der Waals surface area contributed by atoms with Gasteiger partial charge in [-0.25, -0.2) is 8.42 Å². The Morgan fingerprint density at radius 2 is 1.82 bits per heavy atom. The zero-order valence-corrected chi connectivity index (χ0v) is 20.6. The highest BCUT2D eigenvalue weighted by Crippen LogP contribution is 2.27. The fourth-order valence-electron chi connectivity index (χ4n) is 4.37. The number of hydrogen-bond acceptors (Lipinski definition) is 5. The number of methoxy groups -OCH3 is 2. The summed E-state index contributed by atoms with van der Waals surface area (Å²) in [5, 5.41) is 3.78. The summed E-state index contributed by atoms with van der Waals surface area (Å²) in [5.74, 6) is 1.32. The van der Waals surface area contributed by atoms with E-state index in [9.17, 15) is 13.2 Å². The van der Waals surface area contributed by atoms with Crippen LogP contribution in [0.2, 0.25) is 0 Å². The number of fused-ring (bicyclic) bond motifs is 1. The summed E-state index contributed by atoms with van der Waals surface area (Å²) in [6.45, 7) is 3.43. The van der Waals surface area contributed by atoms with E-state index in [0.29, 0.717) is 36.7 Å². The molecule has 2 aromatic carbocycles. The van der Waals surface area contributed by atoms with E-state index in [1.807, 2.05) is 42.0 Å². The minimum atomic E-state index is -3.48. The van der Waals surface area contributed by atoms with Gasteiger partial charge in [-0.15, -0.1) is 0 Å². The molecule has 1 amide bonds. The van der Waals surface area contributed by atoms with Crippen molar-refractivity contribution in [3.05, 3.63) is 54.2 Å². The van der Waals surface area contributed by atoms with E-state index in [1.54, 1.807) is 36.7 Å². The number of carbonyl (C=O) groups excluding carboxylic acids is 1. The van der Waals surface area contributed by atoms with Crippen LogP contribution in [0.1, 0.15) is 31.4 Å². The summed E-state index contributed by atoms with van der Waals surface area (Å²) in [7, 11) is -0.265. The van der Waals surface area contributed by atoms with Gasteiger partial charge in [0.15, 0.2) is 0 Å². The van der Waals surface area contributed by atoms with Crippen molar-refractivity contribution in [2.75, 3.05) is 33.9 Å². The number of hydrogen-bond donors (Lipinski definition) is 1. The van der Waals surface area contributed by atoms with Crippen LogP contribution >= 0.6 is 0 Å². The van der Waals surface area contributed by atoms with Gasteiger partial charge in [0.1, 0.15) is 17.5 Å². The fraction of sp³-hybridized carbons (Fsp3) is 0.400. The lowest BCUT2D eigenvalue weighted by Crippen LogP contribution is -2.32. The SMILES string of the molecule is COc1ccc(CCNC(=O)C(C)n2ccc3cc(S(=O)(=O)N4CCCC4)ccc32)c(OC)c1. The smallest absolute Gasteiger partial charge is 0.243 e. The average molecular weight is 486 g/mol. The second-order valence-electron chi connectivity index (χ2n) is 8.45. The highest BCUT2D eigenvalue weighted by molar-refractivity contribution is 7.89. The van der Waals surface area contributed by atoms with Crippen molar-refractivity contribution in [1.29, 1.82) is 0 Å². The quantitative estimate of drug-likeness (QED) is 0.502. The lowest BCUT2D eigenvalue weighted by Gasteiger charge is -2.17. The molecule has 182 valence electrons. The molecule has 0 aliphatic carbocycles. The van der Waals surface area contributed by atoms with Crippen molar-refractivity contribution in [1.82, 2.24) is 14.2 Å². The zero-order valence-electron chi connectivity index (χ0n) is 19.8. The topological polar surface area (TPSA) is 89.9 Å². The van der Waals surface area contributed by atoms with Crippen molar-refractivity contribution in [2.45, 2.75) is 37.1 Å². The zero-order chi connectivity index (χ0) is 24.3. The summed E-state index contributed by atoms with van der Waals surface area (Å²) < 4.78 is 39.8. The minimum absolute atomic E-state index is 0.112. The van der Waals surface area contributed by atoms with Crippen LogP contribution in [0.5, 0.6) is 11.5 Å². The number of amides is 1. The maximum atomic E-state index is 12.9. The maximum Gasteiger partial charge on any atom is 0.243 e. The van der Waals surface area contributed by atoms with Crippen LogP contribution in [0.25, 0.3) is 10.9 Å². The van der Waals surface area contributed by atoms with E-state index in [2.05, 4.69) is 5.32 Å². The molecule has 1 aromatic heterocycles. The number of carbonyl (C=O) groups is 1. The highest BCUT2D eigenvalue weighted by atomic mass is 32.2. The molecule has 3 aromatic rings. The van der Waals surface area contributed by atoms with Gasteiger partial charge in [0.05, 0.1) is 19.1 Å². The Kier molecular flexibility index (Phi) is 7.13. The second-order valence-corrected chi connectivity index (χ2v) is 10.4. The van der Waals surface area contributed by atoms with Crippen LogP contribution in [-0.4, -0.2) is 57.1 Å². The Labute approximate surface area is 200 Å². The van der Waals surface area contributed by atoms with E-state index in [0.717, 1.165) is 35.1 Å². The fourth-order valence-corrected chi connectivity index (χ4v) is 5.92. The predicted octanol–water partition coefficient (Wildman–Crippen LogP) is 3.36. The minimum Gasteiger partial charge on any atom is -0.497 e. The largest absolute Gasteiger partial charge is 0.497 e. The summed E-state index contributed by atoms with van der Waals surface area (Å²) in [4.78, 5) is 13.1. The molecular weight excluding hydrogens is 454 g/mol. The molecule has 1 N–H and O–H groups in total. The molecule has 0 bridgehead atoms. The summed E-state index contributed by atoms with van der Waals surface area (Å²) in [6, 6.07) is 12.1. The van der Waals surface area contributed by atoms with Gasteiger partial charge < -0.3 is 19.4 Å². The standard InChI is InChI=1S/C25H31N3O5S/c1-18(25(29)26-12-10-19-6-7-21(32-2)17-24(19)33-3)28-15-11-20-16-22(8-9-23(20)28)34(30,31)27-13-4-5-14-27/h6-9,11,15-18H,4-5,10,12-14H2,1-3H3,(H,26,29). The predicted molar refractivity (Wildman–Crippen MR) is 131 cm³/mol. The molecule has 1 fully saturated rings. The molecular formula is C25H31N3O5S. The second kappa shape index (κ2) is 10.1. The van der Waals surface area contributed by atoms with Crippen LogP contribution in [0, 0.1) is 0 Å². The van der Waals surface area contributed by atoms with E-state index in [4.69, 9.17) is 9.47 Å². The summed E-state index contributed by atoms with van der Waals surface area (Å²) in [6.07, 6.45) is 4.24. The molecule has 0 radical (unpaired) electrons. The highest BCUT2D eigenvalue weighted by Gasteiger charge is 2.27. The molecule has 8 nitrogen and oxygen atoms in total. The van der Waals surface area contributed by atoms with Crippen LogP contribution in [0.15, 0.2) is 53.6 Å². The Hall–Kier alpha value is -3.04. The summed E-state index contributed by atoms with van der Waals surface area (Å²) >= 11 is 0. The number of benzene rings is 2. The first-order valence-corrected chi connectivity index (χ1v) is 12.9. The van der Waals surface area contributed by atoms with Gasteiger partial charge in [-0.05, 0) is 62.1 Å². The van der Waals surface area contributed by atoms with Crippen LogP contribution < -0.4 is 14.8 Å². The van der Waals surface area contributed by atoms with Gasteiger partial charge >= 0.3 is 0 Å². The lowest BCUT2D eigenvalue weighted by atomic mass is 10.1. The number of ether oxygens (including phenoxy) is 2. The third kappa shape index (κ3) is 4.76. The van der Waals surface area contributed by atoms with E-state index in [1.165, 1.54) is 0 Å². The van der Waals surface area contributed by atoms with E-state index in [-0.39, 0.29) is 5.91 Å². The van der Waals surface area contributed by atoms with E-state index >= 15 is 0 Å². The van der Waals surface area contributed by atoms with Crippen molar-refractivity contribution in [3.63, 3.8) is 0 Å². The van der Waals surface area contributed by atoms with Gasteiger partial charge in [-0.1, -0.05) is 6.07 Å². The van der Waals surface area contributed by atoms with Crippen LogP contribution in [0.4, 0.5) is 0 Å². The van der Waals surface area contributed by atoms with Crippen LogP contribution in [0.3, 0.4) is 0 Å². The van der Waals surface area contributed by atoms with Crippen LogP contribution in [-0.2, 0) is 21.2 Å². The average Bonchev–Trinajstić information content (AvgIpc) is 3.54. The van der Waals surface area contributed by atoms with Gasteiger partial charge in [0.25, 0.3) is 0 Å². The molecule has 0 spiro atoms. The third-order valence-corrected chi connectivity index (χ3v) is 8.27. The Morgan fingerprint density at radius 3 is 2.53 bits per heavy atom. The normalized spacial score (nSPS) is 15.4. The van der Waals surface area contributed by atoms with Gasteiger partial charge in [-0.2, -0.15) is 4.31 Å². The molecule has 1 aliphatic heterocycles. The third-order valence-electron chi connectivity index (χ3n) is 6.38. The molecule has 1 unspecified atom stereocenters. The first-order chi connectivity index (χ1) is 16.3. The maximum absolute atomic E-state index is 12.9.